The fourth-order valence-electron chi connectivity index (χ4n) is 5.40. The Hall–Kier alpha value is -2.84. The van der Waals surface area contributed by atoms with Crippen LogP contribution in [0, 0.1) is 11.8 Å². The average Bonchev–Trinajstić information content (AvgIpc) is 2.95. The summed E-state index contributed by atoms with van der Waals surface area (Å²) < 4.78 is 26.1. The van der Waals surface area contributed by atoms with E-state index in [2.05, 4.69) is 22.0 Å². The van der Waals surface area contributed by atoms with E-state index < -0.39 is 12.1 Å². The smallest absolute Gasteiger partial charge is 0.303 e. The first-order chi connectivity index (χ1) is 18.5. The lowest BCUT2D eigenvalue weighted by Gasteiger charge is -2.39. The summed E-state index contributed by atoms with van der Waals surface area (Å²) in [6, 6.07) is 15.4. The molecular formula is C30H37FN2O4S. The molecule has 1 fully saturated rings. The van der Waals surface area contributed by atoms with Crippen molar-refractivity contribution >= 4 is 28.6 Å². The van der Waals surface area contributed by atoms with Crippen molar-refractivity contribution in [1.82, 2.24) is 9.88 Å². The number of hydrogen-bond acceptors (Lipinski definition) is 6. The van der Waals surface area contributed by atoms with Gasteiger partial charge in [0.1, 0.15) is 17.7 Å². The van der Waals surface area contributed by atoms with Gasteiger partial charge in [0.25, 0.3) is 0 Å². The third-order valence-electron chi connectivity index (χ3n) is 7.55. The lowest BCUT2D eigenvalue weighted by atomic mass is 9.79. The number of rotatable bonds is 13. The second kappa shape index (κ2) is 13.8. The molecule has 2 unspecified atom stereocenters. The van der Waals surface area contributed by atoms with Gasteiger partial charge in [0.05, 0.1) is 19.7 Å². The highest BCUT2D eigenvalue weighted by atomic mass is 32.2. The maximum absolute atomic E-state index is 15.6. The lowest BCUT2D eigenvalue weighted by Crippen LogP contribution is -2.41. The van der Waals surface area contributed by atoms with Gasteiger partial charge in [-0.1, -0.05) is 0 Å². The number of halogens is 1. The van der Waals surface area contributed by atoms with Crippen molar-refractivity contribution in [2.75, 3.05) is 39.6 Å². The fraction of sp³-hybridized carbons (Fsp3) is 0.467. The first-order valence-electron chi connectivity index (χ1n) is 13.2. The first kappa shape index (κ1) is 28.2. The molecule has 1 aromatic heterocycles. The van der Waals surface area contributed by atoms with Crippen molar-refractivity contribution in [3.63, 3.8) is 0 Å². The molecule has 0 spiro atoms. The van der Waals surface area contributed by atoms with Gasteiger partial charge in [-0.3, -0.25) is 9.78 Å². The van der Waals surface area contributed by atoms with Crippen LogP contribution in [0.15, 0.2) is 59.6 Å². The summed E-state index contributed by atoms with van der Waals surface area (Å²) in [7, 11) is 3.27. The minimum Gasteiger partial charge on any atom is -0.497 e. The summed E-state index contributed by atoms with van der Waals surface area (Å²) in [6.45, 7) is 2.78. The van der Waals surface area contributed by atoms with E-state index in [-0.39, 0.29) is 12.3 Å². The summed E-state index contributed by atoms with van der Waals surface area (Å²) in [5.74, 6) is 2.31. The van der Waals surface area contributed by atoms with Crippen LogP contribution >= 0.6 is 11.8 Å². The van der Waals surface area contributed by atoms with Crippen molar-refractivity contribution in [3.05, 3.63) is 60.3 Å². The van der Waals surface area contributed by atoms with Crippen LogP contribution in [-0.4, -0.2) is 60.6 Å². The Labute approximate surface area is 228 Å². The Morgan fingerprint density at radius 2 is 1.87 bits per heavy atom. The van der Waals surface area contributed by atoms with Crippen molar-refractivity contribution in [1.29, 1.82) is 0 Å². The van der Waals surface area contributed by atoms with Gasteiger partial charge in [-0.05, 0) is 98.2 Å². The number of carboxylic acids is 1. The molecule has 6 nitrogen and oxygen atoms in total. The Morgan fingerprint density at radius 1 is 1.11 bits per heavy atom. The highest BCUT2D eigenvalue weighted by molar-refractivity contribution is 7.99. The molecule has 1 saturated heterocycles. The second-order valence-corrected chi connectivity index (χ2v) is 11.1. The van der Waals surface area contributed by atoms with Gasteiger partial charge < -0.3 is 19.5 Å². The van der Waals surface area contributed by atoms with Gasteiger partial charge in [0, 0.05) is 41.7 Å². The quantitative estimate of drug-likeness (QED) is 0.244. The molecule has 4 rings (SSSR count). The summed E-state index contributed by atoms with van der Waals surface area (Å²) in [6.07, 6.45) is 3.47. The topological polar surface area (TPSA) is 71.9 Å². The molecule has 0 bridgehead atoms. The molecule has 1 aliphatic rings. The van der Waals surface area contributed by atoms with E-state index in [4.69, 9.17) is 9.47 Å². The number of ether oxygens (including phenoxy) is 2. The molecule has 204 valence electrons. The minimum absolute atomic E-state index is 0.156. The molecule has 0 aliphatic carbocycles. The highest BCUT2D eigenvalue weighted by Crippen LogP contribution is 2.36. The van der Waals surface area contributed by atoms with Crippen molar-refractivity contribution in [2.24, 2.45) is 11.8 Å². The average molecular weight is 541 g/mol. The van der Waals surface area contributed by atoms with Crippen LogP contribution in [0.2, 0.25) is 0 Å². The van der Waals surface area contributed by atoms with Crippen LogP contribution in [0.1, 0.15) is 43.8 Å². The van der Waals surface area contributed by atoms with E-state index in [1.807, 2.05) is 42.1 Å². The number of thioether (sulfide) groups is 1. The van der Waals surface area contributed by atoms with E-state index in [1.54, 1.807) is 26.5 Å². The SMILES string of the molecule is COc1ccc(SCCN2CCC(CC[C@H](F)c3ccnc4ccc(OC)cc34)C(CCC(=O)O)C2)cc1. The molecule has 1 N–H and O–H groups in total. The summed E-state index contributed by atoms with van der Waals surface area (Å²) in [5, 5.41) is 10.1. The van der Waals surface area contributed by atoms with Crippen LogP contribution in [0.3, 0.4) is 0 Å². The number of alkyl halides is 1. The molecule has 2 heterocycles. The predicted molar refractivity (Wildman–Crippen MR) is 150 cm³/mol. The van der Waals surface area contributed by atoms with E-state index in [0.717, 1.165) is 54.9 Å². The number of fused-ring (bicyclic) bond motifs is 1. The van der Waals surface area contributed by atoms with E-state index in [0.29, 0.717) is 30.1 Å². The van der Waals surface area contributed by atoms with E-state index in [9.17, 15) is 9.90 Å². The number of pyridine rings is 1. The molecule has 8 heteroatoms. The number of methoxy groups -OCH3 is 2. The van der Waals surface area contributed by atoms with Gasteiger partial charge in [-0.15, -0.1) is 11.8 Å². The second-order valence-electron chi connectivity index (χ2n) is 9.89. The molecule has 0 amide bonds. The van der Waals surface area contributed by atoms with E-state index >= 15 is 4.39 Å². The number of aliphatic carboxylic acids is 1. The largest absolute Gasteiger partial charge is 0.497 e. The van der Waals surface area contributed by atoms with Gasteiger partial charge in [-0.2, -0.15) is 0 Å². The van der Waals surface area contributed by atoms with Crippen molar-refractivity contribution in [3.8, 4) is 11.5 Å². The third kappa shape index (κ3) is 7.60. The number of carbonyl (C=O) groups is 1. The van der Waals surface area contributed by atoms with Crippen LogP contribution in [0.4, 0.5) is 4.39 Å². The van der Waals surface area contributed by atoms with Gasteiger partial charge in [-0.25, -0.2) is 4.39 Å². The molecule has 3 atom stereocenters. The highest BCUT2D eigenvalue weighted by Gasteiger charge is 2.30. The number of aromatic nitrogens is 1. The van der Waals surface area contributed by atoms with Crippen LogP contribution < -0.4 is 9.47 Å². The number of nitrogens with zero attached hydrogens (tertiary/aromatic N) is 2. The zero-order chi connectivity index (χ0) is 26.9. The maximum Gasteiger partial charge on any atom is 0.303 e. The molecular weight excluding hydrogens is 503 g/mol. The Balaban J connectivity index is 1.33. The number of hydrogen-bond donors (Lipinski definition) is 1. The normalized spacial score (nSPS) is 18.8. The maximum atomic E-state index is 15.6. The van der Waals surface area contributed by atoms with Crippen LogP contribution in [-0.2, 0) is 4.79 Å². The lowest BCUT2D eigenvalue weighted by molar-refractivity contribution is -0.137. The van der Waals surface area contributed by atoms with Gasteiger partial charge in [0.15, 0.2) is 0 Å². The summed E-state index contributed by atoms with van der Waals surface area (Å²) in [5.41, 5.74) is 1.40. The van der Waals surface area contributed by atoms with Crippen molar-refractivity contribution < 1.29 is 23.8 Å². The van der Waals surface area contributed by atoms with Crippen LogP contribution in [0.25, 0.3) is 10.9 Å². The van der Waals surface area contributed by atoms with Gasteiger partial charge >= 0.3 is 5.97 Å². The summed E-state index contributed by atoms with van der Waals surface area (Å²) in [4.78, 5) is 19.3. The monoisotopic (exact) mass is 540 g/mol. The molecule has 1 aliphatic heterocycles. The minimum atomic E-state index is -1.10. The van der Waals surface area contributed by atoms with Crippen molar-refractivity contribution in [2.45, 2.75) is 43.2 Å². The molecule has 38 heavy (non-hydrogen) atoms. The molecule has 3 aromatic rings. The molecule has 0 saturated carbocycles. The standard InChI is InChI=1S/C30H37FN2O4S/c1-36-23-5-8-25(9-6-23)38-18-17-33-16-14-21(22(20-33)4-12-30(34)35)3-10-28(31)26-13-15-32-29-11-7-24(37-2)19-27(26)29/h5-9,11,13,15,19,21-22,28H,3-4,10,12,14,16-18,20H2,1-2H3,(H,34,35)/t21?,22?,28-/m0/s1. The fourth-order valence-corrected chi connectivity index (χ4v) is 6.32. The number of carboxylic acid groups (broad SMARTS) is 1. The zero-order valence-electron chi connectivity index (χ0n) is 22.1. The zero-order valence-corrected chi connectivity index (χ0v) is 23.0. The molecule has 0 radical (unpaired) electrons. The van der Waals surface area contributed by atoms with Crippen LogP contribution in [0.5, 0.6) is 11.5 Å². The first-order valence-corrected chi connectivity index (χ1v) is 14.2. The van der Waals surface area contributed by atoms with Gasteiger partial charge in [0.2, 0.25) is 0 Å². The predicted octanol–water partition coefficient (Wildman–Crippen LogP) is 6.64. The molecule has 2 aromatic carbocycles. The Kier molecular flexibility index (Phi) is 10.2. The Morgan fingerprint density at radius 3 is 2.61 bits per heavy atom. The Bertz CT molecular complexity index is 1190. The summed E-state index contributed by atoms with van der Waals surface area (Å²) >= 11 is 1.81. The third-order valence-corrected chi connectivity index (χ3v) is 8.54. The number of benzene rings is 2. The van der Waals surface area contributed by atoms with E-state index in [1.165, 1.54) is 4.90 Å². The number of likely N-dealkylation sites (tertiary alicyclic amines) is 1. The number of piperidine rings is 1.